The van der Waals surface area contributed by atoms with Crippen molar-refractivity contribution in [3.63, 3.8) is 0 Å². The highest BCUT2D eigenvalue weighted by Gasteiger charge is 2.36. The number of carbonyl (C=O) groups is 1. The number of aromatic hydroxyl groups is 1. The summed E-state index contributed by atoms with van der Waals surface area (Å²) in [7, 11) is 3.56. The second kappa shape index (κ2) is 7.16. The van der Waals surface area contributed by atoms with Crippen molar-refractivity contribution < 1.29 is 14.6 Å². The van der Waals surface area contributed by atoms with Crippen molar-refractivity contribution >= 4 is 11.9 Å². The second-order valence-electron chi connectivity index (χ2n) is 7.12. The van der Waals surface area contributed by atoms with Crippen LogP contribution in [0.3, 0.4) is 0 Å². The molecule has 1 atom stereocenters. The molecular weight excluding hydrogens is 360 g/mol. The topological polar surface area (TPSA) is 95.8 Å². The molecule has 1 aromatic heterocycles. The van der Waals surface area contributed by atoms with Crippen LogP contribution in [0.1, 0.15) is 18.5 Å². The quantitative estimate of drug-likeness (QED) is 0.817. The van der Waals surface area contributed by atoms with Crippen LogP contribution in [0.15, 0.2) is 35.8 Å². The summed E-state index contributed by atoms with van der Waals surface area (Å²) in [6, 6.07) is 4.63. The maximum atomic E-state index is 13.5. The first-order valence-electron chi connectivity index (χ1n) is 9.21. The van der Waals surface area contributed by atoms with E-state index in [0.29, 0.717) is 30.4 Å². The lowest BCUT2D eigenvalue weighted by atomic mass is 9.94. The Bertz CT molecular complexity index is 930. The molecule has 9 heteroatoms. The van der Waals surface area contributed by atoms with E-state index in [1.54, 1.807) is 22.9 Å². The minimum atomic E-state index is -0.458. The van der Waals surface area contributed by atoms with Gasteiger partial charge in [0, 0.05) is 31.9 Å². The third kappa shape index (κ3) is 3.07. The van der Waals surface area contributed by atoms with E-state index >= 15 is 0 Å². The molecular formula is C19H24N6O3. The molecule has 3 heterocycles. The minimum Gasteiger partial charge on any atom is -0.504 e. The number of allylic oxidation sites excluding steroid dienone is 1. The Labute approximate surface area is 163 Å². The number of phenols is 1. The zero-order valence-electron chi connectivity index (χ0n) is 16.2. The minimum absolute atomic E-state index is 0.0173. The molecule has 1 fully saturated rings. The number of amides is 1. The predicted octanol–water partition coefficient (Wildman–Crippen LogP) is 1.06. The predicted molar refractivity (Wildman–Crippen MR) is 103 cm³/mol. The number of phenolic OH excluding ortho intramolecular Hbond substituents is 1. The van der Waals surface area contributed by atoms with E-state index in [1.807, 2.05) is 11.8 Å². The molecule has 28 heavy (non-hydrogen) atoms. The number of likely N-dealkylation sites (N-methyl/N-ethyl adjacent to an activating group) is 1. The van der Waals surface area contributed by atoms with Crippen molar-refractivity contribution in [3.05, 3.63) is 41.4 Å². The van der Waals surface area contributed by atoms with E-state index in [0.717, 1.165) is 24.4 Å². The first-order valence-corrected chi connectivity index (χ1v) is 9.21. The highest BCUT2D eigenvalue weighted by Crippen LogP contribution is 2.38. The first kappa shape index (κ1) is 18.3. The van der Waals surface area contributed by atoms with Gasteiger partial charge in [-0.3, -0.25) is 4.79 Å². The average Bonchev–Trinajstić information content (AvgIpc) is 3.15. The Hall–Kier alpha value is -3.07. The van der Waals surface area contributed by atoms with Gasteiger partial charge in [0.05, 0.1) is 12.7 Å². The van der Waals surface area contributed by atoms with Gasteiger partial charge < -0.3 is 25.0 Å². The van der Waals surface area contributed by atoms with Crippen LogP contribution in [-0.2, 0) is 4.79 Å². The maximum absolute atomic E-state index is 13.5. The fraction of sp³-hybridized carbons (Fsp3) is 0.421. The van der Waals surface area contributed by atoms with Gasteiger partial charge in [-0.05, 0) is 31.7 Å². The van der Waals surface area contributed by atoms with Gasteiger partial charge in [-0.25, -0.2) is 4.68 Å². The summed E-state index contributed by atoms with van der Waals surface area (Å²) >= 11 is 0. The summed E-state index contributed by atoms with van der Waals surface area (Å²) in [5, 5.41) is 17.5. The summed E-state index contributed by atoms with van der Waals surface area (Å²) in [6.07, 6.45) is 1.46. The zero-order chi connectivity index (χ0) is 19.8. The van der Waals surface area contributed by atoms with Gasteiger partial charge in [0.25, 0.3) is 5.91 Å². The SMILES string of the molecule is COc1cc([C@H]2C(C(=O)N3CCN(C)CC3)=C(C)Nc3ncnn32)ccc1O. The van der Waals surface area contributed by atoms with Crippen LogP contribution in [0.5, 0.6) is 11.5 Å². The Morgan fingerprint density at radius 3 is 2.75 bits per heavy atom. The van der Waals surface area contributed by atoms with Crippen molar-refractivity contribution in [2.75, 3.05) is 45.7 Å². The molecule has 0 aliphatic carbocycles. The molecule has 9 nitrogen and oxygen atoms in total. The molecule has 0 unspecified atom stereocenters. The monoisotopic (exact) mass is 384 g/mol. The molecule has 2 aliphatic heterocycles. The van der Waals surface area contributed by atoms with Crippen molar-refractivity contribution in [1.29, 1.82) is 0 Å². The highest BCUT2D eigenvalue weighted by atomic mass is 16.5. The number of piperazine rings is 1. The zero-order valence-corrected chi connectivity index (χ0v) is 16.2. The average molecular weight is 384 g/mol. The number of aromatic nitrogens is 3. The van der Waals surface area contributed by atoms with Crippen LogP contribution < -0.4 is 10.1 Å². The van der Waals surface area contributed by atoms with Crippen LogP contribution in [0.25, 0.3) is 0 Å². The van der Waals surface area contributed by atoms with Gasteiger partial charge in [0.15, 0.2) is 11.5 Å². The van der Waals surface area contributed by atoms with Crippen LogP contribution in [0, 0.1) is 0 Å². The number of ether oxygens (including phenoxy) is 1. The molecule has 2 N–H and O–H groups in total. The lowest BCUT2D eigenvalue weighted by Crippen LogP contribution is -2.49. The Morgan fingerprint density at radius 2 is 2.04 bits per heavy atom. The number of methoxy groups -OCH3 is 1. The van der Waals surface area contributed by atoms with Crippen molar-refractivity contribution in [2.45, 2.75) is 13.0 Å². The Morgan fingerprint density at radius 1 is 1.29 bits per heavy atom. The summed E-state index contributed by atoms with van der Waals surface area (Å²) in [5.74, 6) is 0.953. The van der Waals surface area contributed by atoms with Crippen LogP contribution >= 0.6 is 0 Å². The Kier molecular flexibility index (Phi) is 4.68. The standard InChI is InChI=1S/C19H24N6O3/c1-12-16(18(27)24-8-6-23(2)7-9-24)17(25-19(22-12)20-11-21-25)13-4-5-14(26)15(10-13)28-3/h4-5,10-11,17,26H,6-9H2,1-3H3,(H,20,21,22)/t17-/m0/s1. The lowest BCUT2D eigenvalue weighted by Gasteiger charge is -2.36. The molecule has 0 saturated carbocycles. The molecule has 1 amide bonds. The van der Waals surface area contributed by atoms with E-state index in [2.05, 4.69) is 27.3 Å². The molecule has 2 aliphatic rings. The number of hydrogen-bond donors (Lipinski definition) is 2. The van der Waals surface area contributed by atoms with Gasteiger partial charge >= 0.3 is 0 Å². The fourth-order valence-corrected chi connectivity index (χ4v) is 3.72. The van der Waals surface area contributed by atoms with Crippen LogP contribution in [0.2, 0.25) is 0 Å². The van der Waals surface area contributed by atoms with E-state index in [-0.39, 0.29) is 11.7 Å². The number of rotatable bonds is 3. The van der Waals surface area contributed by atoms with E-state index < -0.39 is 6.04 Å². The van der Waals surface area contributed by atoms with Crippen LogP contribution in [-0.4, -0.2) is 75.9 Å². The highest BCUT2D eigenvalue weighted by molar-refractivity contribution is 5.97. The molecule has 2 aromatic rings. The molecule has 4 rings (SSSR count). The molecule has 0 bridgehead atoms. The van der Waals surface area contributed by atoms with Crippen molar-refractivity contribution in [2.24, 2.45) is 0 Å². The van der Waals surface area contributed by atoms with Gasteiger partial charge in [-0.1, -0.05) is 6.07 Å². The molecule has 1 aromatic carbocycles. The number of carbonyl (C=O) groups excluding carboxylic acids is 1. The van der Waals surface area contributed by atoms with Gasteiger partial charge in [0.1, 0.15) is 12.4 Å². The first-order chi connectivity index (χ1) is 13.5. The van der Waals surface area contributed by atoms with Crippen molar-refractivity contribution in [1.82, 2.24) is 24.6 Å². The number of fused-ring (bicyclic) bond motifs is 1. The molecule has 1 saturated heterocycles. The largest absolute Gasteiger partial charge is 0.504 e. The number of anilines is 1. The molecule has 0 spiro atoms. The van der Waals surface area contributed by atoms with Gasteiger partial charge in [-0.2, -0.15) is 10.1 Å². The number of hydrogen-bond acceptors (Lipinski definition) is 7. The number of nitrogens with one attached hydrogen (secondary N) is 1. The van der Waals surface area contributed by atoms with E-state index in [4.69, 9.17) is 4.74 Å². The normalized spacial score (nSPS) is 20.0. The summed E-state index contributed by atoms with van der Waals surface area (Å²) in [6.45, 7) is 4.94. The Balaban J connectivity index is 1.78. The molecule has 148 valence electrons. The third-order valence-corrected chi connectivity index (χ3v) is 5.33. The van der Waals surface area contributed by atoms with E-state index in [9.17, 15) is 9.90 Å². The van der Waals surface area contributed by atoms with Gasteiger partial charge in [-0.15, -0.1) is 0 Å². The molecule has 0 radical (unpaired) electrons. The van der Waals surface area contributed by atoms with Crippen molar-refractivity contribution in [3.8, 4) is 11.5 Å². The van der Waals surface area contributed by atoms with E-state index in [1.165, 1.54) is 13.4 Å². The number of nitrogens with zero attached hydrogens (tertiary/aromatic N) is 5. The second-order valence-corrected chi connectivity index (χ2v) is 7.12. The fourth-order valence-electron chi connectivity index (χ4n) is 3.72. The third-order valence-electron chi connectivity index (χ3n) is 5.33. The van der Waals surface area contributed by atoms with Gasteiger partial charge in [0.2, 0.25) is 5.95 Å². The summed E-state index contributed by atoms with van der Waals surface area (Å²) in [5.41, 5.74) is 2.16. The number of benzene rings is 1. The maximum Gasteiger partial charge on any atom is 0.254 e. The summed E-state index contributed by atoms with van der Waals surface area (Å²) < 4.78 is 6.97. The summed E-state index contributed by atoms with van der Waals surface area (Å²) in [4.78, 5) is 21.8. The smallest absolute Gasteiger partial charge is 0.254 e. The lowest BCUT2D eigenvalue weighted by molar-refractivity contribution is -0.129. The van der Waals surface area contributed by atoms with Crippen LogP contribution in [0.4, 0.5) is 5.95 Å².